The Morgan fingerprint density at radius 2 is 2.05 bits per heavy atom. The maximum atomic E-state index is 12.2. The molecule has 0 N–H and O–H groups in total. The van der Waals surface area contributed by atoms with Crippen molar-refractivity contribution in [2.75, 3.05) is 0 Å². The van der Waals surface area contributed by atoms with Crippen LogP contribution in [0.1, 0.15) is 5.69 Å². The Morgan fingerprint density at radius 3 is 2.60 bits per heavy atom. The van der Waals surface area contributed by atoms with E-state index in [1.807, 2.05) is 6.07 Å². The molecule has 6 nitrogen and oxygen atoms in total. The summed E-state index contributed by atoms with van der Waals surface area (Å²) >= 11 is 2.99. The Bertz CT molecular complexity index is 823. The summed E-state index contributed by atoms with van der Waals surface area (Å²) in [6.07, 6.45) is 1.18. The first-order chi connectivity index (χ1) is 9.15. The topological polar surface area (TPSA) is 84.5 Å². The van der Waals surface area contributed by atoms with E-state index in [1.54, 1.807) is 0 Å². The number of halogens is 4. The van der Waals surface area contributed by atoms with Gasteiger partial charge in [-0.1, -0.05) is 0 Å². The second-order valence-corrected chi connectivity index (χ2v) is 5.80. The fourth-order valence-electron chi connectivity index (χ4n) is 1.34. The Morgan fingerprint density at radius 1 is 1.40 bits per heavy atom. The number of alkyl halides is 3. The van der Waals surface area contributed by atoms with Crippen molar-refractivity contribution in [3.8, 4) is 11.8 Å². The standard InChI is InChI=1S/C9H3BrF3N3O3S/c10-7-1-6(19-20(17,18)9(11,12)13)2-8-15-4-5(3-14)16(7)8/h1-2,4H. The number of nitrogens with zero attached hydrogens (tertiary/aromatic N) is 3. The average Bonchev–Trinajstić information content (AvgIpc) is 2.70. The minimum absolute atomic E-state index is 0.0586. The third-order valence-corrected chi connectivity index (χ3v) is 3.70. The smallest absolute Gasteiger partial charge is 0.376 e. The van der Waals surface area contributed by atoms with Crippen molar-refractivity contribution in [2.24, 2.45) is 0 Å². The number of rotatable bonds is 2. The summed E-state index contributed by atoms with van der Waals surface area (Å²) in [5, 5.41) is 8.80. The second kappa shape index (κ2) is 4.64. The van der Waals surface area contributed by atoms with Gasteiger partial charge in [-0.2, -0.15) is 26.9 Å². The number of hydrogen-bond donors (Lipinski definition) is 0. The van der Waals surface area contributed by atoms with E-state index in [0.717, 1.165) is 12.1 Å². The van der Waals surface area contributed by atoms with E-state index in [1.165, 1.54) is 10.6 Å². The highest BCUT2D eigenvalue weighted by atomic mass is 79.9. The largest absolute Gasteiger partial charge is 0.534 e. The predicted molar refractivity (Wildman–Crippen MR) is 63.2 cm³/mol. The van der Waals surface area contributed by atoms with E-state index in [0.29, 0.717) is 0 Å². The molecular formula is C9H3BrF3N3O3S. The molecule has 0 atom stereocenters. The maximum absolute atomic E-state index is 12.2. The molecule has 106 valence electrons. The van der Waals surface area contributed by atoms with E-state index in [2.05, 4.69) is 25.1 Å². The molecule has 0 aliphatic heterocycles. The highest BCUT2D eigenvalue weighted by Crippen LogP contribution is 2.29. The van der Waals surface area contributed by atoms with Crippen molar-refractivity contribution in [3.63, 3.8) is 0 Å². The molecule has 0 saturated heterocycles. The molecular weight excluding hydrogens is 367 g/mol. The zero-order valence-electron chi connectivity index (χ0n) is 9.22. The molecule has 0 spiro atoms. The van der Waals surface area contributed by atoms with E-state index < -0.39 is 21.4 Å². The molecule has 20 heavy (non-hydrogen) atoms. The number of hydrogen-bond acceptors (Lipinski definition) is 5. The Balaban J connectivity index is 2.52. The van der Waals surface area contributed by atoms with E-state index in [4.69, 9.17) is 5.26 Å². The number of nitriles is 1. The van der Waals surface area contributed by atoms with Crippen LogP contribution in [0.15, 0.2) is 22.9 Å². The molecule has 11 heteroatoms. The van der Waals surface area contributed by atoms with E-state index in [-0.39, 0.29) is 15.9 Å². The monoisotopic (exact) mass is 369 g/mol. The zero-order chi connectivity index (χ0) is 15.1. The van der Waals surface area contributed by atoms with E-state index in [9.17, 15) is 21.6 Å². The van der Waals surface area contributed by atoms with Crippen LogP contribution in [0, 0.1) is 11.3 Å². The Hall–Kier alpha value is -1.80. The summed E-state index contributed by atoms with van der Waals surface area (Å²) in [5.41, 5.74) is -5.35. The van der Waals surface area contributed by atoms with Crippen molar-refractivity contribution in [2.45, 2.75) is 5.51 Å². The van der Waals surface area contributed by atoms with Crippen LogP contribution >= 0.6 is 15.9 Å². The van der Waals surface area contributed by atoms with Gasteiger partial charge in [0.2, 0.25) is 0 Å². The fraction of sp³-hybridized carbons (Fsp3) is 0.111. The van der Waals surface area contributed by atoms with Crippen molar-refractivity contribution in [3.05, 3.63) is 28.6 Å². The molecule has 0 unspecified atom stereocenters. The van der Waals surface area contributed by atoms with Gasteiger partial charge in [-0.05, 0) is 15.9 Å². The quantitative estimate of drug-likeness (QED) is 0.460. The van der Waals surface area contributed by atoms with Crippen LogP contribution in [0.5, 0.6) is 5.75 Å². The van der Waals surface area contributed by atoms with Gasteiger partial charge in [-0.3, -0.25) is 4.40 Å². The summed E-state index contributed by atoms with van der Waals surface area (Å²) < 4.78 is 63.8. The van der Waals surface area contributed by atoms with Gasteiger partial charge in [0.25, 0.3) is 0 Å². The molecule has 0 aromatic carbocycles. The van der Waals surface area contributed by atoms with E-state index >= 15 is 0 Å². The molecule has 0 saturated carbocycles. The van der Waals surface area contributed by atoms with Crippen LogP contribution < -0.4 is 4.18 Å². The zero-order valence-corrected chi connectivity index (χ0v) is 11.6. The van der Waals surface area contributed by atoms with Gasteiger partial charge in [-0.25, -0.2) is 4.98 Å². The first-order valence-electron chi connectivity index (χ1n) is 4.73. The number of fused-ring (bicyclic) bond motifs is 1. The number of imidazole rings is 1. The normalized spacial score (nSPS) is 12.3. The summed E-state index contributed by atoms with van der Waals surface area (Å²) in [4.78, 5) is 3.76. The molecule has 0 radical (unpaired) electrons. The van der Waals surface area contributed by atoms with Crippen molar-refractivity contribution >= 4 is 31.7 Å². The SMILES string of the molecule is N#Cc1cnc2cc(OS(=O)(=O)C(F)(F)F)cc(Br)n12. The maximum Gasteiger partial charge on any atom is 0.534 e. The van der Waals surface area contributed by atoms with Gasteiger partial charge in [0, 0.05) is 12.1 Å². The fourth-order valence-corrected chi connectivity index (χ4v) is 2.39. The predicted octanol–water partition coefficient (Wildman–Crippen LogP) is 2.20. The van der Waals surface area contributed by atoms with Crippen molar-refractivity contribution in [1.82, 2.24) is 9.38 Å². The molecule has 2 aromatic rings. The lowest BCUT2D eigenvalue weighted by Crippen LogP contribution is -2.28. The summed E-state index contributed by atoms with van der Waals surface area (Å²) in [6.45, 7) is 0. The third kappa shape index (κ3) is 2.44. The van der Waals surface area contributed by atoms with Crippen LogP contribution in [0.2, 0.25) is 0 Å². The number of aromatic nitrogens is 2. The first kappa shape index (κ1) is 14.6. The van der Waals surface area contributed by atoms with Crippen LogP contribution in [-0.2, 0) is 10.1 Å². The Kier molecular flexibility index (Phi) is 3.39. The lowest BCUT2D eigenvalue weighted by Gasteiger charge is -2.10. The number of pyridine rings is 1. The lowest BCUT2D eigenvalue weighted by molar-refractivity contribution is -0.0500. The molecule has 0 aliphatic carbocycles. The highest BCUT2D eigenvalue weighted by Gasteiger charge is 2.48. The van der Waals surface area contributed by atoms with Crippen molar-refractivity contribution in [1.29, 1.82) is 5.26 Å². The van der Waals surface area contributed by atoms with Gasteiger partial charge in [-0.15, -0.1) is 0 Å². The minimum atomic E-state index is -5.76. The molecule has 2 rings (SSSR count). The van der Waals surface area contributed by atoms with Gasteiger partial charge in [0.1, 0.15) is 23.2 Å². The Labute approximate surface area is 118 Å². The molecule has 0 bridgehead atoms. The van der Waals surface area contributed by atoms with Gasteiger partial charge in [0.05, 0.1) is 10.8 Å². The van der Waals surface area contributed by atoms with Gasteiger partial charge < -0.3 is 4.18 Å². The average molecular weight is 370 g/mol. The highest BCUT2D eigenvalue weighted by molar-refractivity contribution is 9.10. The first-order valence-corrected chi connectivity index (χ1v) is 6.94. The van der Waals surface area contributed by atoms with Gasteiger partial charge >= 0.3 is 15.6 Å². The summed E-state index contributed by atoms with van der Waals surface area (Å²) in [6, 6.07) is 3.77. The van der Waals surface area contributed by atoms with Crippen molar-refractivity contribution < 1.29 is 25.8 Å². The molecule has 2 heterocycles. The van der Waals surface area contributed by atoms with Crippen LogP contribution in [0.4, 0.5) is 13.2 Å². The summed E-state index contributed by atoms with van der Waals surface area (Å²) in [5.74, 6) is -0.572. The summed E-state index contributed by atoms with van der Waals surface area (Å²) in [7, 11) is -5.76. The molecule has 2 aromatic heterocycles. The lowest BCUT2D eigenvalue weighted by atomic mass is 10.4. The minimum Gasteiger partial charge on any atom is -0.376 e. The molecule has 0 amide bonds. The van der Waals surface area contributed by atoms with Crippen LogP contribution in [-0.4, -0.2) is 23.3 Å². The van der Waals surface area contributed by atoms with Gasteiger partial charge in [0.15, 0.2) is 0 Å². The molecule has 0 aliphatic rings. The third-order valence-electron chi connectivity index (χ3n) is 2.14. The second-order valence-electron chi connectivity index (χ2n) is 3.45. The molecule has 0 fully saturated rings. The van der Waals surface area contributed by atoms with Crippen LogP contribution in [0.25, 0.3) is 5.65 Å². The van der Waals surface area contributed by atoms with Crippen LogP contribution in [0.3, 0.4) is 0 Å².